The van der Waals surface area contributed by atoms with E-state index in [0.29, 0.717) is 6.04 Å². The Morgan fingerprint density at radius 3 is 2.71 bits per heavy atom. The molecule has 1 rings (SSSR count). The van der Waals surface area contributed by atoms with Crippen LogP contribution in [0, 0.1) is 0 Å². The number of nitrogens with zero attached hydrogens (tertiary/aromatic N) is 2. The molecule has 0 saturated heterocycles. The molecule has 0 amide bonds. The summed E-state index contributed by atoms with van der Waals surface area (Å²) in [4.78, 5) is 6.56. The maximum Gasteiger partial charge on any atom is 0.191 e. The van der Waals surface area contributed by atoms with E-state index in [1.807, 2.05) is 18.8 Å². The van der Waals surface area contributed by atoms with Gasteiger partial charge in [0, 0.05) is 45.1 Å². The van der Waals surface area contributed by atoms with E-state index in [1.165, 1.54) is 19.3 Å². The maximum absolute atomic E-state index is 5.07. The first-order chi connectivity index (χ1) is 9.69. The fraction of sp³-hybridized carbons (Fsp3) is 0.929. The third kappa shape index (κ3) is 9.10. The molecule has 21 heavy (non-hydrogen) atoms. The Kier molecular flexibility index (Phi) is 12.9. The molecule has 126 valence electrons. The summed E-state index contributed by atoms with van der Waals surface area (Å²) in [5.74, 6) is 0.928. The molecule has 5 nitrogen and oxygen atoms in total. The summed E-state index contributed by atoms with van der Waals surface area (Å²) >= 11 is 1.98. The van der Waals surface area contributed by atoms with Crippen LogP contribution < -0.4 is 10.6 Å². The van der Waals surface area contributed by atoms with Gasteiger partial charge in [-0.3, -0.25) is 4.99 Å². The molecule has 0 spiro atoms. The summed E-state index contributed by atoms with van der Waals surface area (Å²) in [7, 11) is 5.68. The number of hydrogen-bond acceptors (Lipinski definition) is 4. The fourth-order valence-electron chi connectivity index (χ4n) is 2.40. The lowest BCUT2D eigenvalue weighted by molar-refractivity contribution is 0.162. The Hall–Kier alpha value is 0.270. The molecular weight excluding hydrogens is 399 g/mol. The molecule has 0 aliphatic heterocycles. The van der Waals surface area contributed by atoms with Crippen LogP contribution in [0.1, 0.15) is 19.3 Å². The second-order valence-electron chi connectivity index (χ2n) is 5.31. The third-order valence-electron chi connectivity index (χ3n) is 3.75. The molecule has 0 heterocycles. The van der Waals surface area contributed by atoms with Crippen molar-refractivity contribution in [2.24, 2.45) is 4.99 Å². The Balaban J connectivity index is 0.00000400. The summed E-state index contributed by atoms with van der Waals surface area (Å²) in [5.41, 5.74) is 0. The van der Waals surface area contributed by atoms with Gasteiger partial charge in [0.25, 0.3) is 0 Å². The first kappa shape index (κ1) is 21.3. The van der Waals surface area contributed by atoms with Crippen LogP contribution in [0.4, 0.5) is 0 Å². The summed E-state index contributed by atoms with van der Waals surface area (Å²) < 4.78 is 5.07. The molecule has 2 atom stereocenters. The Morgan fingerprint density at radius 2 is 2.14 bits per heavy atom. The minimum absolute atomic E-state index is 0. The minimum Gasteiger partial charge on any atom is -0.383 e. The van der Waals surface area contributed by atoms with E-state index >= 15 is 0 Å². The zero-order valence-electron chi connectivity index (χ0n) is 13.7. The van der Waals surface area contributed by atoms with Crippen molar-refractivity contribution in [3.63, 3.8) is 0 Å². The van der Waals surface area contributed by atoms with Crippen molar-refractivity contribution in [1.82, 2.24) is 15.5 Å². The zero-order valence-corrected chi connectivity index (χ0v) is 16.9. The molecule has 0 radical (unpaired) electrons. The van der Waals surface area contributed by atoms with Crippen LogP contribution in [-0.4, -0.2) is 75.9 Å². The van der Waals surface area contributed by atoms with E-state index in [-0.39, 0.29) is 24.0 Å². The van der Waals surface area contributed by atoms with Gasteiger partial charge < -0.3 is 20.3 Å². The van der Waals surface area contributed by atoms with E-state index in [1.54, 1.807) is 7.11 Å². The predicted molar refractivity (Wildman–Crippen MR) is 104 cm³/mol. The normalized spacial score (nSPS) is 22.2. The van der Waals surface area contributed by atoms with Gasteiger partial charge in [0.15, 0.2) is 5.96 Å². The van der Waals surface area contributed by atoms with Gasteiger partial charge in [0.1, 0.15) is 0 Å². The molecule has 0 bridgehead atoms. The number of aliphatic imine (C=N–C) groups is 1. The lowest BCUT2D eigenvalue weighted by Crippen LogP contribution is -2.45. The summed E-state index contributed by atoms with van der Waals surface area (Å²) in [6.45, 7) is 3.63. The highest BCUT2D eigenvalue weighted by molar-refractivity contribution is 14.0. The monoisotopic (exact) mass is 430 g/mol. The molecule has 1 aliphatic carbocycles. The average Bonchev–Trinajstić information content (AvgIpc) is 2.91. The van der Waals surface area contributed by atoms with Gasteiger partial charge in [-0.2, -0.15) is 11.8 Å². The van der Waals surface area contributed by atoms with Crippen LogP contribution in [0.3, 0.4) is 0 Å². The van der Waals surface area contributed by atoms with E-state index in [2.05, 4.69) is 33.8 Å². The summed E-state index contributed by atoms with van der Waals surface area (Å²) in [5, 5.41) is 7.73. The lowest BCUT2D eigenvalue weighted by atomic mass is 10.2. The number of hydrogen-bond donors (Lipinski definition) is 2. The molecule has 0 aromatic heterocycles. The summed E-state index contributed by atoms with van der Waals surface area (Å²) in [6, 6.07) is 0.574. The number of ether oxygens (including phenoxy) is 1. The van der Waals surface area contributed by atoms with Crippen LogP contribution in [0.15, 0.2) is 4.99 Å². The lowest BCUT2D eigenvalue weighted by Gasteiger charge is -2.20. The number of nitrogens with one attached hydrogen (secondary N) is 2. The van der Waals surface area contributed by atoms with E-state index < -0.39 is 0 Å². The Bertz CT molecular complexity index is 294. The first-order valence-electron chi connectivity index (χ1n) is 7.37. The molecule has 2 N–H and O–H groups in total. The van der Waals surface area contributed by atoms with E-state index in [0.717, 1.165) is 37.5 Å². The van der Waals surface area contributed by atoms with Gasteiger partial charge >= 0.3 is 0 Å². The fourth-order valence-corrected chi connectivity index (χ4v) is 3.19. The van der Waals surface area contributed by atoms with Crippen molar-refractivity contribution in [3.8, 4) is 0 Å². The van der Waals surface area contributed by atoms with Gasteiger partial charge in [-0.25, -0.2) is 0 Å². The predicted octanol–water partition coefficient (Wildman–Crippen LogP) is 1.63. The van der Waals surface area contributed by atoms with Crippen molar-refractivity contribution in [3.05, 3.63) is 0 Å². The van der Waals surface area contributed by atoms with Gasteiger partial charge in [-0.05, 0) is 32.6 Å². The highest BCUT2D eigenvalue weighted by Gasteiger charge is 2.24. The molecule has 2 unspecified atom stereocenters. The molecule has 0 aromatic carbocycles. The number of thioether (sulfide) groups is 1. The second kappa shape index (κ2) is 12.8. The highest BCUT2D eigenvalue weighted by Crippen LogP contribution is 2.27. The van der Waals surface area contributed by atoms with Crippen molar-refractivity contribution < 1.29 is 4.74 Å². The van der Waals surface area contributed by atoms with E-state index in [4.69, 9.17) is 4.74 Å². The third-order valence-corrected chi connectivity index (χ3v) is 4.84. The van der Waals surface area contributed by atoms with E-state index in [9.17, 15) is 0 Å². The largest absolute Gasteiger partial charge is 0.383 e. The second-order valence-corrected chi connectivity index (χ2v) is 6.45. The van der Waals surface area contributed by atoms with Gasteiger partial charge in [0.2, 0.25) is 0 Å². The average molecular weight is 430 g/mol. The topological polar surface area (TPSA) is 48.9 Å². The van der Waals surface area contributed by atoms with Crippen LogP contribution in [-0.2, 0) is 4.74 Å². The number of guanidine groups is 1. The van der Waals surface area contributed by atoms with Gasteiger partial charge in [-0.15, -0.1) is 24.0 Å². The molecule has 1 saturated carbocycles. The molecule has 7 heteroatoms. The van der Waals surface area contributed by atoms with Crippen molar-refractivity contribution in [2.75, 3.05) is 53.7 Å². The smallest absolute Gasteiger partial charge is 0.191 e. The standard InChI is InChI=1S/C14H30N4OS.HI/c1-15-14(16-7-8-18(2)9-10-19-3)17-12-5-6-13(11-12)20-4;/h12-13H,5-11H2,1-4H3,(H2,15,16,17);1H. The van der Waals surface area contributed by atoms with Gasteiger partial charge in [0.05, 0.1) is 6.61 Å². The molecule has 1 aliphatic rings. The SMILES string of the molecule is CN=C(NCCN(C)CCOC)NC1CCC(SC)C1.I. The van der Waals surface area contributed by atoms with Crippen LogP contribution >= 0.6 is 35.7 Å². The molecule has 0 aromatic rings. The van der Waals surface area contributed by atoms with Gasteiger partial charge in [-0.1, -0.05) is 0 Å². The number of methoxy groups -OCH3 is 1. The molecular formula is C14H31IN4OS. The van der Waals surface area contributed by atoms with Crippen molar-refractivity contribution in [1.29, 1.82) is 0 Å². The van der Waals surface area contributed by atoms with Crippen molar-refractivity contribution in [2.45, 2.75) is 30.6 Å². The zero-order chi connectivity index (χ0) is 14.8. The number of halogens is 1. The maximum atomic E-state index is 5.07. The Labute approximate surface area is 151 Å². The van der Waals surface area contributed by atoms with Crippen LogP contribution in [0.5, 0.6) is 0 Å². The molecule has 1 fully saturated rings. The quantitative estimate of drug-likeness (QED) is 0.348. The first-order valence-corrected chi connectivity index (χ1v) is 8.65. The minimum atomic E-state index is 0. The Morgan fingerprint density at radius 1 is 1.38 bits per heavy atom. The van der Waals surface area contributed by atoms with Crippen LogP contribution in [0.25, 0.3) is 0 Å². The number of likely N-dealkylation sites (N-methyl/N-ethyl adjacent to an activating group) is 1. The number of rotatable bonds is 8. The summed E-state index contributed by atoms with van der Waals surface area (Å²) in [6.07, 6.45) is 6.01. The van der Waals surface area contributed by atoms with Crippen molar-refractivity contribution >= 4 is 41.7 Å². The highest BCUT2D eigenvalue weighted by atomic mass is 127. The van der Waals surface area contributed by atoms with Crippen LogP contribution in [0.2, 0.25) is 0 Å².